The summed E-state index contributed by atoms with van der Waals surface area (Å²) in [5.41, 5.74) is 1.81. The van der Waals surface area contributed by atoms with Gasteiger partial charge in [-0.1, -0.05) is 5.70 Å². The summed E-state index contributed by atoms with van der Waals surface area (Å²) in [6, 6.07) is 1.42. The average molecular weight is 441 g/mol. The first-order chi connectivity index (χ1) is 11.9. The van der Waals surface area contributed by atoms with Crippen molar-refractivity contribution >= 4 is 34.2 Å². The van der Waals surface area contributed by atoms with Gasteiger partial charge in [0.15, 0.2) is 8.32 Å². The minimum atomic E-state index is -2.74. The van der Waals surface area contributed by atoms with Gasteiger partial charge in [-0.05, 0) is 59.6 Å². The van der Waals surface area contributed by atoms with E-state index in [4.69, 9.17) is 25.9 Å². The molecule has 0 bridgehead atoms. The van der Waals surface area contributed by atoms with Gasteiger partial charge in [0.1, 0.15) is 0 Å². The molecule has 0 spiro atoms. The summed E-state index contributed by atoms with van der Waals surface area (Å²) >= 11 is 0. The van der Waals surface area contributed by atoms with Crippen LogP contribution in [-0.4, -0.2) is 61.2 Å². The Morgan fingerprint density at radius 3 is 1.54 bits per heavy atom. The zero-order valence-corrected chi connectivity index (χ0v) is 22.3. The second kappa shape index (κ2) is 11.4. The predicted octanol–water partition coefficient (Wildman–Crippen LogP) is 4.42. The van der Waals surface area contributed by atoms with Gasteiger partial charge in [-0.3, -0.25) is 0 Å². The van der Waals surface area contributed by atoms with Crippen LogP contribution in [0.1, 0.15) is 20.8 Å². The Hall–Kier alpha value is 0.368. The highest BCUT2D eigenvalue weighted by atomic mass is 28.5. The normalized spacial score (nSPS) is 17.6. The fourth-order valence-corrected chi connectivity index (χ4v) is 18.6. The van der Waals surface area contributed by atoms with Crippen LogP contribution in [0.4, 0.5) is 0 Å². The first-order valence-electron chi connectivity index (χ1n) is 9.43. The smallest absolute Gasteiger partial charge is 0.437 e. The molecule has 0 aromatic heterocycles. The van der Waals surface area contributed by atoms with Crippen LogP contribution in [0.15, 0.2) is 12.3 Å². The van der Waals surface area contributed by atoms with Crippen molar-refractivity contribution in [2.24, 2.45) is 0 Å². The minimum absolute atomic E-state index is 0.567. The van der Waals surface area contributed by atoms with E-state index in [1.54, 1.807) is 7.11 Å². The van der Waals surface area contributed by atoms with Crippen LogP contribution in [-0.2, 0) is 25.9 Å². The molecule has 6 nitrogen and oxygen atoms in total. The molecule has 26 heavy (non-hydrogen) atoms. The van der Waals surface area contributed by atoms with Crippen molar-refractivity contribution in [1.82, 2.24) is 0 Å². The van der Waals surface area contributed by atoms with Crippen LogP contribution < -0.4 is 0 Å². The van der Waals surface area contributed by atoms with E-state index in [1.807, 2.05) is 33.0 Å². The van der Waals surface area contributed by atoms with E-state index in [0.29, 0.717) is 25.9 Å². The summed E-state index contributed by atoms with van der Waals surface area (Å²) < 4.78 is 36.8. The third kappa shape index (κ3) is 9.53. The maximum Gasteiger partial charge on any atom is 0.500 e. The lowest BCUT2D eigenvalue weighted by atomic mass is 10.9. The molecule has 2 unspecified atom stereocenters. The zero-order valence-electron chi connectivity index (χ0n) is 18.3. The molecule has 10 heteroatoms. The predicted molar refractivity (Wildman–Crippen MR) is 116 cm³/mol. The highest BCUT2D eigenvalue weighted by Crippen LogP contribution is 2.30. The monoisotopic (exact) mass is 440 g/mol. The molecule has 0 saturated carbocycles. The van der Waals surface area contributed by atoms with Crippen LogP contribution in [0.5, 0.6) is 0 Å². The highest BCUT2D eigenvalue weighted by Gasteiger charge is 2.48. The van der Waals surface area contributed by atoms with Crippen molar-refractivity contribution in [2.45, 2.75) is 65.6 Å². The molecule has 0 aliphatic rings. The van der Waals surface area contributed by atoms with E-state index in [1.165, 1.54) is 0 Å². The quantitative estimate of drug-likeness (QED) is 0.351. The fourth-order valence-electron chi connectivity index (χ4n) is 2.75. The van der Waals surface area contributed by atoms with E-state index in [9.17, 15) is 0 Å². The van der Waals surface area contributed by atoms with E-state index >= 15 is 0 Å². The van der Waals surface area contributed by atoms with Crippen LogP contribution in [0, 0.1) is 0 Å². The molecular weight excluding hydrogens is 401 g/mol. The molecule has 0 rings (SSSR count). The van der Waals surface area contributed by atoms with Gasteiger partial charge in [-0.15, -0.1) is 6.58 Å². The first kappa shape index (κ1) is 26.4. The summed E-state index contributed by atoms with van der Waals surface area (Å²) in [6.45, 7) is 22.2. The average Bonchev–Trinajstić information content (AvgIpc) is 2.52. The zero-order chi connectivity index (χ0) is 20.5. The standard InChI is InChI=1S/C16H40O6Si4/c1-11-18-26(19-12-2,20-13-3)16-15-25(10,21-23(6,7)8)22-24(9,14-4)17-5/h14H,4,11-13,15-16H2,1-3,5-10H3. The third-order valence-corrected chi connectivity index (χ3v) is 17.5. The van der Waals surface area contributed by atoms with Crippen molar-refractivity contribution in [3.05, 3.63) is 12.3 Å². The van der Waals surface area contributed by atoms with Crippen molar-refractivity contribution in [3.63, 3.8) is 0 Å². The van der Waals surface area contributed by atoms with Gasteiger partial charge in [0.25, 0.3) is 0 Å². The minimum Gasteiger partial charge on any atom is -0.437 e. The Balaban J connectivity index is 5.52. The molecule has 2 atom stereocenters. The molecule has 0 fully saturated rings. The van der Waals surface area contributed by atoms with Crippen LogP contribution in [0.3, 0.4) is 0 Å². The Labute approximate surface area is 165 Å². The summed E-state index contributed by atoms with van der Waals surface area (Å²) in [6.07, 6.45) is 0. The molecule has 156 valence electrons. The Kier molecular flexibility index (Phi) is 11.5. The third-order valence-electron chi connectivity index (χ3n) is 3.69. The molecule has 0 heterocycles. The van der Waals surface area contributed by atoms with Crippen molar-refractivity contribution in [2.75, 3.05) is 26.9 Å². The van der Waals surface area contributed by atoms with Crippen molar-refractivity contribution in [3.8, 4) is 0 Å². The van der Waals surface area contributed by atoms with Gasteiger partial charge in [0.05, 0.1) is 0 Å². The second-order valence-corrected chi connectivity index (χ2v) is 21.6. The largest absolute Gasteiger partial charge is 0.500 e. The molecule has 0 aromatic rings. The second-order valence-electron chi connectivity index (χ2n) is 7.36. The van der Waals surface area contributed by atoms with Gasteiger partial charge in [-0.25, -0.2) is 0 Å². The topological polar surface area (TPSA) is 55.4 Å². The molecule has 0 amide bonds. The maximum absolute atomic E-state index is 6.57. The molecule has 0 aromatic carbocycles. The molecule has 0 N–H and O–H groups in total. The Morgan fingerprint density at radius 2 is 1.23 bits per heavy atom. The number of hydrogen-bond acceptors (Lipinski definition) is 6. The van der Waals surface area contributed by atoms with Crippen molar-refractivity contribution in [1.29, 1.82) is 0 Å². The van der Waals surface area contributed by atoms with E-state index < -0.39 is 34.2 Å². The van der Waals surface area contributed by atoms with Crippen molar-refractivity contribution < 1.29 is 25.9 Å². The summed E-state index contributed by atoms with van der Waals surface area (Å²) in [5, 5.41) is 0. The molecule has 0 radical (unpaired) electrons. The van der Waals surface area contributed by atoms with E-state index in [0.717, 1.165) is 6.04 Å². The highest BCUT2D eigenvalue weighted by molar-refractivity contribution is 6.88. The molecule has 0 aliphatic carbocycles. The van der Waals surface area contributed by atoms with Crippen LogP contribution >= 0.6 is 0 Å². The molecular formula is C16H40O6Si4. The summed E-state index contributed by atoms with van der Waals surface area (Å²) in [7, 11) is -7.87. The lowest BCUT2D eigenvalue weighted by Gasteiger charge is -2.40. The van der Waals surface area contributed by atoms with Gasteiger partial charge < -0.3 is 25.9 Å². The number of rotatable bonds is 15. The fraction of sp³-hybridized carbons (Fsp3) is 0.875. The van der Waals surface area contributed by atoms with E-state index in [-0.39, 0.29) is 0 Å². The van der Waals surface area contributed by atoms with Gasteiger partial charge >= 0.3 is 25.9 Å². The maximum atomic E-state index is 6.57. The lowest BCUT2D eigenvalue weighted by molar-refractivity contribution is 0.0719. The Morgan fingerprint density at radius 1 is 0.769 bits per heavy atom. The first-order valence-corrected chi connectivity index (χ1v) is 19.7. The van der Waals surface area contributed by atoms with E-state index in [2.05, 4.69) is 32.8 Å². The lowest BCUT2D eigenvalue weighted by Crippen LogP contribution is -2.56. The van der Waals surface area contributed by atoms with Crippen LogP contribution in [0.2, 0.25) is 44.8 Å². The van der Waals surface area contributed by atoms with Gasteiger partial charge in [0.2, 0.25) is 0 Å². The molecule has 0 saturated heterocycles. The summed E-state index contributed by atoms with van der Waals surface area (Å²) in [5.74, 6) is 0. The van der Waals surface area contributed by atoms with Gasteiger partial charge in [-0.2, -0.15) is 0 Å². The SMILES string of the molecule is C=C[Si](C)(OC)O[Si](C)(CC[Si](OCC)(OCC)OCC)O[Si](C)(C)C. The molecule has 0 aliphatic heterocycles. The summed E-state index contributed by atoms with van der Waals surface area (Å²) in [4.78, 5) is 0. The number of hydrogen-bond donors (Lipinski definition) is 0. The van der Waals surface area contributed by atoms with Gasteiger partial charge in [0, 0.05) is 33.0 Å². The van der Waals surface area contributed by atoms with Crippen LogP contribution in [0.25, 0.3) is 0 Å². The Bertz CT molecular complexity index is 403.